The van der Waals surface area contributed by atoms with E-state index in [4.69, 9.17) is 4.74 Å². The maximum atomic E-state index is 12.6. The number of thioether (sulfide) groups is 1. The molecule has 0 radical (unpaired) electrons. The van der Waals surface area contributed by atoms with Gasteiger partial charge in [0.25, 0.3) is 0 Å². The standard InChI is InChI=1S/C26H28N4O2S/c1-19(2)14-15-30-24(17-32-23-10-4-3-5-11-23)28-29-26(30)33-18-25(31)27-22-13-12-20-8-6-7-9-21(20)16-22/h3-13,16,19H,14-15,17-18H2,1-2H3,(H,27,31). The quantitative estimate of drug-likeness (QED) is 0.304. The lowest BCUT2D eigenvalue weighted by Crippen LogP contribution is -2.15. The van der Waals surface area contributed by atoms with Gasteiger partial charge in [-0.1, -0.05) is 74.1 Å². The predicted octanol–water partition coefficient (Wildman–Crippen LogP) is 5.79. The molecule has 4 rings (SSSR count). The highest BCUT2D eigenvalue weighted by atomic mass is 32.2. The van der Waals surface area contributed by atoms with E-state index >= 15 is 0 Å². The molecule has 0 aliphatic carbocycles. The highest BCUT2D eigenvalue weighted by Crippen LogP contribution is 2.22. The van der Waals surface area contributed by atoms with E-state index < -0.39 is 0 Å². The Kier molecular flexibility index (Phi) is 7.62. The molecule has 0 spiro atoms. The molecule has 33 heavy (non-hydrogen) atoms. The summed E-state index contributed by atoms with van der Waals surface area (Å²) in [4.78, 5) is 12.6. The highest BCUT2D eigenvalue weighted by Gasteiger charge is 2.15. The first-order valence-corrected chi connectivity index (χ1v) is 12.1. The zero-order valence-electron chi connectivity index (χ0n) is 18.9. The first kappa shape index (κ1) is 22.9. The molecule has 1 amide bonds. The number of carbonyl (C=O) groups excluding carboxylic acids is 1. The maximum Gasteiger partial charge on any atom is 0.234 e. The van der Waals surface area contributed by atoms with E-state index in [0.717, 1.165) is 46.2 Å². The van der Waals surface area contributed by atoms with Gasteiger partial charge in [0.15, 0.2) is 11.0 Å². The number of hydrogen-bond donors (Lipinski definition) is 1. The number of nitrogens with one attached hydrogen (secondary N) is 1. The Morgan fingerprint density at radius 2 is 1.76 bits per heavy atom. The SMILES string of the molecule is CC(C)CCn1c(COc2ccccc2)nnc1SCC(=O)Nc1ccc2ccccc2c1. The summed E-state index contributed by atoms with van der Waals surface area (Å²) < 4.78 is 7.95. The third kappa shape index (κ3) is 6.35. The third-order valence-corrected chi connectivity index (χ3v) is 6.17. The number of fused-ring (bicyclic) bond motifs is 1. The number of para-hydroxylation sites is 1. The number of benzene rings is 3. The van der Waals surface area contributed by atoms with Gasteiger partial charge in [-0.15, -0.1) is 10.2 Å². The molecule has 1 aromatic heterocycles. The summed E-state index contributed by atoms with van der Waals surface area (Å²) in [6.45, 7) is 5.49. The lowest BCUT2D eigenvalue weighted by molar-refractivity contribution is -0.113. The Morgan fingerprint density at radius 1 is 1.00 bits per heavy atom. The maximum absolute atomic E-state index is 12.6. The van der Waals surface area contributed by atoms with E-state index in [1.54, 1.807) is 0 Å². The molecule has 4 aromatic rings. The largest absolute Gasteiger partial charge is 0.486 e. The molecule has 1 N–H and O–H groups in total. The molecule has 1 heterocycles. The first-order valence-electron chi connectivity index (χ1n) is 11.1. The predicted molar refractivity (Wildman–Crippen MR) is 134 cm³/mol. The fourth-order valence-electron chi connectivity index (χ4n) is 3.40. The summed E-state index contributed by atoms with van der Waals surface area (Å²) in [5.41, 5.74) is 0.789. The molecule has 0 aliphatic rings. The molecule has 6 nitrogen and oxygen atoms in total. The zero-order chi connectivity index (χ0) is 23.0. The lowest BCUT2D eigenvalue weighted by Gasteiger charge is -2.12. The van der Waals surface area contributed by atoms with Gasteiger partial charge in [-0.05, 0) is 47.4 Å². The van der Waals surface area contributed by atoms with Crippen LogP contribution in [0.25, 0.3) is 10.8 Å². The van der Waals surface area contributed by atoms with Crippen LogP contribution in [0.15, 0.2) is 78.0 Å². The van der Waals surface area contributed by atoms with Crippen molar-refractivity contribution in [3.05, 3.63) is 78.6 Å². The van der Waals surface area contributed by atoms with E-state index in [0.29, 0.717) is 12.5 Å². The Balaban J connectivity index is 1.40. The van der Waals surface area contributed by atoms with Crippen LogP contribution in [0.2, 0.25) is 0 Å². The summed E-state index contributed by atoms with van der Waals surface area (Å²) in [6.07, 6.45) is 0.993. The van der Waals surface area contributed by atoms with Crippen LogP contribution in [0.4, 0.5) is 5.69 Å². The van der Waals surface area contributed by atoms with Crippen LogP contribution >= 0.6 is 11.8 Å². The van der Waals surface area contributed by atoms with Crippen molar-refractivity contribution in [1.29, 1.82) is 0 Å². The number of aromatic nitrogens is 3. The minimum absolute atomic E-state index is 0.0734. The van der Waals surface area contributed by atoms with Crippen molar-refractivity contribution in [1.82, 2.24) is 14.8 Å². The van der Waals surface area contributed by atoms with Gasteiger partial charge in [0.05, 0.1) is 5.75 Å². The van der Waals surface area contributed by atoms with Gasteiger partial charge in [0.2, 0.25) is 5.91 Å². The molecular weight excluding hydrogens is 432 g/mol. The van der Waals surface area contributed by atoms with Crippen molar-refractivity contribution in [2.24, 2.45) is 5.92 Å². The summed E-state index contributed by atoms with van der Waals surface area (Å²) >= 11 is 1.39. The van der Waals surface area contributed by atoms with Gasteiger partial charge in [-0.3, -0.25) is 4.79 Å². The summed E-state index contributed by atoms with van der Waals surface area (Å²) in [7, 11) is 0. The van der Waals surface area contributed by atoms with Gasteiger partial charge < -0.3 is 14.6 Å². The van der Waals surface area contributed by atoms with Crippen molar-refractivity contribution >= 4 is 34.1 Å². The van der Waals surface area contributed by atoms with Gasteiger partial charge in [-0.2, -0.15) is 0 Å². The van der Waals surface area contributed by atoms with E-state index in [1.165, 1.54) is 11.8 Å². The second-order valence-electron chi connectivity index (χ2n) is 8.23. The van der Waals surface area contributed by atoms with Gasteiger partial charge in [0.1, 0.15) is 12.4 Å². The van der Waals surface area contributed by atoms with Crippen molar-refractivity contribution in [3.63, 3.8) is 0 Å². The molecule has 0 fully saturated rings. The second kappa shape index (κ2) is 11.0. The Bertz CT molecular complexity index is 1210. The fraction of sp³-hybridized carbons (Fsp3) is 0.269. The molecule has 0 aliphatic heterocycles. The zero-order valence-corrected chi connectivity index (χ0v) is 19.7. The summed E-state index contributed by atoms with van der Waals surface area (Å²) in [6, 6.07) is 23.7. The lowest BCUT2D eigenvalue weighted by atomic mass is 10.1. The van der Waals surface area contributed by atoms with Gasteiger partial charge in [0, 0.05) is 12.2 Å². The monoisotopic (exact) mass is 460 g/mol. The van der Waals surface area contributed by atoms with Gasteiger partial charge in [-0.25, -0.2) is 0 Å². The topological polar surface area (TPSA) is 69.0 Å². The van der Waals surface area contributed by atoms with E-state index in [-0.39, 0.29) is 11.7 Å². The van der Waals surface area contributed by atoms with Crippen molar-refractivity contribution in [2.45, 2.75) is 38.6 Å². The minimum Gasteiger partial charge on any atom is -0.486 e. The molecule has 0 saturated carbocycles. The van der Waals surface area contributed by atoms with E-state index in [2.05, 4.69) is 40.0 Å². The van der Waals surface area contributed by atoms with Crippen molar-refractivity contribution < 1.29 is 9.53 Å². The fourth-order valence-corrected chi connectivity index (χ4v) is 4.19. The van der Waals surface area contributed by atoms with Crippen molar-refractivity contribution in [2.75, 3.05) is 11.1 Å². The summed E-state index contributed by atoms with van der Waals surface area (Å²) in [5.74, 6) is 2.28. The van der Waals surface area contributed by atoms with Crippen LogP contribution in [0.5, 0.6) is 5.75 Å². The molecule has 0 atom stereocenters. The van der Waals surface area contributed by atoms with Crippen LogP contribution in [0, 0.1) is 5.92 Å². The average Bonchev–Trinajstić information content (AvgIpc) is 3.22. The number of ether oxygens (including phenoxy) is 1. The average molecular weight is 461 g/mol. The van der Waals surface area contributed by atoms with Crippen LogP contribution in [0.1, 0.15) is 26.1 Å². The number of anilines is 1. The normalized spacial score (nSPS) is 11.1. The van der Waals surface area contributed by atoms with Crippen LogP contribution in [0.3, 0.4) is 0 Å². The number of rotatable bonds is 10. The molecular formula is C26H28N4O2S. The van der Waals surface area contributed by atoms with E-state index in [9.17, 15) is 4.79 Å². The minimum atomic E-state index is -0.0734. The first-order chi connectivity index (χ1) is 16.1. The smallest absolute Gasteiger partial charge is 0.234 e. The molecule has 0 bridgehead atoms. The number of hydrogen-bond acceptors (Lipinski definition) is 5. The Hall–Kier alpha value is -3.32. The molecule has 7 heteroatoms. The highest BCUT2D eigenvalue weighted by molar-refractivity contribution is 7.99. The molecule has 3 aromatic carbocycles. The third-order valence-electron chi connectivity index (χ3n) is 5.20. The van der Waals surface area contributed by atoms with Crippen molar-refractivity contribution in [3.8, 4) is 5.75 Å². The van der Waals surface area contributed by atoms with Gasteiger partial charge >= 0.3 is 0 Å². The summed E-state index contributed by atoms with van der Waals surface area (Å²) in [5, 5.41) is 14.6. The molecule has 170 valence electrons. The van der Waals surface area contributed by atoms with Crippen LogP contribution in [-0.4, -0.2) is 26.4 Å². The number of nitrogens with zero attached hydrogens (tertiary/aromatic N) is 3. The second-order valence-corrected chi connectivity index (χ2v) is 9.18. The van der Waals surface area contributed by atoms with Crippen LogP contribution in [-0.2, 0) is 17.9 Å². The number of carbonyl (C=O) groups is 1. The Labute approximate surface area is 198 Å². The Morgan fingerprint density at radius 3 is 2.55 bits per heavy atom. The molecule has 0 unspecified atom stereocenters. The number of amides is 1. The van der Waals surface area contributed by atoms with Crippen LogP contribution < -0.4 is 10.1 Å². The van der Waals surface area contributed by atoms with E-state index in [1.807, 2.05) is 66.7 Å². The molecule has 0 saturated heterocycles.